The lowest BCUT2D eigenvalue weighted by Crippen LogP contribution is -2.33. The molecule has 0 aliphatic heterocycles. The van der Waals surface area contributed by atoms with E-state index < -0.39 is 8.80 Å². The summed E-state index contributed by atoms with van der Waals surface area (Å²) in [4.78, 5) is 26.9. The van der Waals surface area contributed by atoms with Crippen molar-refractivity contribution in [3.63, 3.8) is 0 Å². The first kappa shape index (κ1) is 34.1. The molecule has 206 valence electrons. The minimum atomic E-state index is -3.78. The third kappa shape index (κ3) is 32.1. The van der Waals surface area contributed by atoms with E-state index in [1.54, 1.807) is 0 Å². The van der Waals surface area contributed by atoms with Gasteiger partial charge in [-0.25, -0.2) is 0 Å². The molecule has 0 aromatic carbocycles. The van der Waals surface area contributed by atoms with Gasteiger partial charge in [-0.2, -0.15) is 0 Å². The normalized spacial score (nSPS) is 12.0. The predicted molar refractivity (Wildman–Crippen MR) is 152 cm³/mol. The fraction of sp³-hybridized carbons (Fsp3) is 1.00. The molecular formula is C30H64O3Si. The van der Waals surface area contributed by atoms with Crippen molar-refractivity contribution in [3.8, 4) is 0 Å². The first-order valence-corrected chi connectivity index (χ1v) is 17.8. The average Bonchev–Trinajstić information content (AvgIpc) is 2.80. The minimum Gasteiger partial charge on any atom is -0.390 e. The van der Waals surface area contributed by atoms with E-state index in [-0.39, 0.29) is 6.04 Å². The molecule has 0 bridgehead atoms. The van der Waals surface area contributed by atoms with Gasteiger partial charge in [0.15, 0.2) is 0 Å². The molecule has 3 nitrogen and oxygen atoms in total. The molecule has 0 aromatic rings. The molecule has 3 N–H and O–H groups in total. The molecule has 0 aliphatic carbocycles. The van der Waals surface area contributed by atoms with Crippen LogP contribution in [0.4, 0.5) is 0 Å². The second-order valence-electron chi connectivity index (χ2n) is 11.1. The third-order valence-electron chi connectivity index (χ3n) is 7.37. The summed E-state index contributed by atoms with van der Waals surface area (Å²) >= 11 is 0. The zero-order chi connectivity index (χ0) is 25.0. The smallest absolute Gasteiger partial charge is 0.390 e. The minimum absolute atomic E-state index is 0.201. The molecule has 0 atom stereocenters. The molecule has 0 amide bonds. The molecule has 4 heteroatoms. The summed E-state index contributed by atoms with van der Waals surface area (Å²) in [6.45, 7) is 2.30. The van der Waals surface area contributed by atoms with Crippen LogP contribution in [0, 0.1) is 0 Å². The highest BCUT2D eigenvalue weighted by atomic mass is 28.4. The summed E-state index contributed by atoms with van der Waals surface area (Å²) < 4.78 is 0. The van der Waals surface area contributed by atoms with E-state index in [9.17, 15) is 0 Å². The van der Waals surface area contributed by atoms with Crippen LogP contribution in [0.1, 0.15) is 187 Å². The maximum absolute atomic E-state index is 8.96. The molecule has 0 fully saturated rings. The zero-order valence-electron chi connectivity index (χ0n) is 23.3. The van der Waals surface area contributed by atoms with E-state index in [0.717, 1.165) is 19.3 Å². The Morgan fingerprint density at radius 3 is 0.647 bits per heavy atom. The Morgan fingerprint density at radius 2 is 0.471 bits per heavy atom. The summed E-state index contributed by atoms with van der Waals surface area (Å²) in [5.74, 6) is 0. The number of rotatable bonds is 29. The van der Waals surface area contributed by atoms with Crippen molar-refractivity contribution in [3.05, 3.63) is 0 Å². The van der Waals surface area contributed by atoms with Gasteiger partial charge in [-0.15, -0.1) is 0 Å². The summed E-state index contributed by atoms with van der Waals surface area (Å²) in [5.41, 5.74) is 0. The lowest BCUT2D eigenvalue weighted by atomic mass is 10.0. The standard InChI is InChI=1S/C30H64O3Si/c1-2-3-4-5-6-7-8-9-10-11-12-13-14-15-16-17-18-19-20-21-22-23-24-25-26-27-28-29-30-34(31,32)33/h31-33H,2-30H2,1H3. The molecule has 0 saturated heterocycles. The molecule has 0 radical (unpaired) electrons. The quantitative estimate of drug-likeness (QED) is 0.0707. The third-order valence-corrected chi connectivity index (χ3v) is 8.39. The van der Waals surface area contributed by atoms with Crippen LogP contribution < -0.4 is 0 Å². The van der Waals surface area contributed by atoms with Crippen molar-refractivity contribution < 1.29 is 14.4 Å². The van der Waals surface area contributed by atoms with Gasteiger partial charge in [0.05, 0.1) is 0 Å². The molecule has 34 heavy (non-hydrogen) atoms. The lowest BCUT2D eigenvalue weighted by Gasteiger charge is -2.08. The first-order chi connectivity index (χ1) is 16.6. The van der Waals surface area contributed by atoms with E-state index in [1.165, 1.54) is 161 Å². The van der Waals surface area contributed by atoms with Crippen LogP contribution in [0.5, 0.6) is 0 Å². The van der Waals surface area contributed by atoms with Crippen LogP contribution in [0.25, 0.3) is 0 Å². The second kappa shape index (κ2) is 27.7. The Kier molecular flexibility index (Phi) is 27.8. The molecule has 0 aromatic heterocycles. The van der Waals surface area contributed by atoms with Crippen molar-refractivity contribution in [2.75, 3.05) is 0 Å². The Bertz CT molecular complexity index is 371. The van der Waals surface area contributed by atoms with Crippen LogP contribution in [0.2, 0.25) is 6.04 Å². The van der Waals surface area contributed by atoms with Gasteiger partial charge >= 0.3 is 8.80 Å². The average molecular weight is 501 g/mol. The monoisotopic (exact) mass is 500 g/mol. The Labute approximate surface area is 215 Å². The van der Waals surface area contributed by atoms with E-state index in [0.29, 0.717) is 0 Å². The SMILES string of the molecule is CCCCCCCCCCCCCCCCCCCCCCCCCCCCCC[Si](O)(O)O. The lowest BCUT2D eigenvalue weighted by molar-refractivity contribution is 0.226. The van der Waals surface area contributed by atoms with Crippen molar-refractivity contribution in [2.24, 2.45) is 0 Å². The van der Waals surface area contributed by atoms with Gasteiger partial charge in [0.1, 0.15) is 0 Å². The van der Waals surface area contributed by atoms with Crippen LogP contribution in [-0.2, 0) is 0 Å². The van der Waals surface area contributed by atoms with Crippen LogP contribution in [0.3, 0.4) is 0 Å². The maximum atomic E-state index is 8.96. The largest absolute Gasteiger partial charge is 0.492 e. The highest BCUT2D eigenvalue weighted by Gasteiger charge is 2.25. The first-order valence-electron chi connectivity index (χ1n) is 15.7. The van der Waals surface area contributed by atoms with Gasteiger partial charge in [0, 0.05) is 6.04 Å². The highest BCUT2D eigenvalue weighted by molar-refractivity contribution is 6.56. The van der Waals surface area contributed by atoms with Crippen molar-refractivity contribution >= 4 is 8.80 Å². The molecule has 0 rings (SSSR count). The summed E-state index contributed by atoms with van der Waals surface area (Å²) in [5, 5.41) is 0. The van der Waals surface area contributed by atoms with Gasteiger partial charge < -0.3 is 14.4 Å². The summed E-state index contributed by atoms with van der Waals surface area (Å²) in [6.07, 6.45) is 38.6. The maximum Gasteiger partial charge on any atom is 0.492 e. The molecule has 0 saturated carbocycles. The van der Waals surface area contributed by atoms with Crippen molar-refractivity contribution in [2.45, 2.75) is 193 Å². The fourth-order valence-corrected chi connectivity index (χ4v) is 5.76. The number of hydrogen-bond acceptors (Lipinski definition) is 3. The van der Waals surface area contributed by atoms with E-state index in [1.807, 2.05) is 0 Å². The van der Waals surface area contributed by atoms with E-state index in [2.05, 4.69) is 6.92 Å². The van der Waals surface area contributed by atoms with Crippen LogP contribution in [0.15, 0.2) is 0 Å². The van der Waals surface area contributed by atoms with Gasteiger partial charge in [-0.05, 0) is 6.42 Å². The molecule has 0 spiro atoms. The molecule has 0 unspecified atom stereocenters. The Balaban J connectivity index is 3.03. The zero-order valence-corrected chi connectivity index (χ0v) is 24.3. The number of hydrogen-bond donors (Lipinski definition) is 3. The van der Waals surface area contributed by atoms with Crippen LogP contribution >= 0.6 is 0 Å². The molecule has 0 aliphatic rings. The van der Waals surface area contributed by atoms with Crippen molar-refractivity contribution in [1.82, 2.24) is 0 Å². The summed E-state index contributed by atoms with van der Waals surface area (Å²) in [7, 11) is -3.78. The molecular weight excluding hydrogens is 436 g/mol. The number of unbranched alkanes of at least 4 members (excludes halogenated alkanes) is 27. The van der Waals surface area contributed by atoms with E-state index in [4.69, 9.17) is 14.4 Å². The highest BCUT2D eigenvalue weighted by Crippen LogP contribution is 2.16. The Morgan fingerprint density at radius 1 is 0.294 bits per heavy atom. The van der Waals surface area contributed by atoms with Gasteiger partial charge in [-0.1, -0.05) is 180 Å². The topological polar surface area (TPSA) is 60.7 Å². The van der Waals surface area contributed by atoms with Crippen molar-refractivity contribution in [1.29, 1.82) is 0 Å². The second-order valence-corrected chi connectivity index (χ2v) is 13.1. The van der Waals surface area contributed by atoms with Gasteiger partial charge in [0.2, 0.25) is 0 Å². The van der Waals surface area contributed by atoms with Gasteiger partial charge in [0.25, 0.3) is 0 Å². The van der Waals surface area contributed by atoms with Gasteiger partial charge in [-0.3, -0.25) is 0 Å². The molecule has 0 heterocycles. The fourth-order valence-electron chi connectivity index (χ4n) is 5.03. The summed E-state index contributed by atoms with van der Waals surface area (Å²) in [6, 6.07) is 0.201. The van der Waals surface area contributed by atoms with Crippen LogP contribution in [-0.4, -0.2) is 23.2 Å². The Hall–Kier alpha value is 0.0969. The predicted octanol–water partition coefficient (Wildman–Crippen LogP) is 9.84. The van der Waals surface area contributed by atoms with E-state index >= 15 is 0 Å².